The third-order valence-electron chi connectivity index (χ3n) is 5.58. The lowest BCUT2D eigenvalue weighted by molar-refractivity contribution is -0.277. The lowest BCUT2D eigenvalue weighted by atomic mass is 9.92. The Kier molecular flexibility index (Phi) is 6.08. The molecule has 0 unspecified atom stereocenters. The van der Waals surface area contributed by atoms with Crippen molar-refractivity contribution in [2.75, 3.05) is 6.61 Å². The van der Waals surface area contributed by atoms with Gasteiger partial charge in [-0.05, 0) is 42.3 Å². The molecular formula is C22H24O10. The van der Waals surface area contributed by atoms with Gasteiger partial charge >= 0.3 is 0 Å². The number of carbonyl (C=O) groups is 1. The third kappa shape index (κ3) is 3.92. The van der Waals surface area contributed by atoms with E-state index in [1.807, 2.05) is 0 Å². The standard InChI is InChI=1S/C22H24O10/c1-9-6-12-15(17(26)19(28)21(30-12)10-2-4-11(24)5-3-10)13(7-9)31-22-20(29)18(27)16(25)14(8-23)32-22/h2-7,14,16,18-25,27-29H,8H2,1H3/t14-,16-,18-,19+,20-,21-,22+/m1/s1. The van der Waals surface area contributed by atoms with Crippen LogP contribution in [0.4, 0.5) is 0 Å². The highest BCUT2D eigenvalue weighted by Gasteiger charge is 2.46. The van der Waals surface area contributed by atoms with E-state index in [1.54, 1.807) is 13.0 Å². The van der Waals surface area contributed by atoms with Crippen molar-refractivity contribution in [2.24, 2.45) is 0 Å². The van der Waals surface area contributed by atoms with Gasteiger partial charge in [-0.1, -0.05) is 12.1 Å². The summed E-state index contributed by atoms with van der Waals surface area (Å²) in [5.41, 5.74) is 1.04. The summed E-state index contributed by atoms with van der Waals surface area (Å²) in [4.78, 5) is 13.1. The van der Waals surface area contributed by atoms with Crippen molar-refractivity contribution in [3.63, 3.8) is 0 Å². The van der Waals surface area contributed by atoms with E-state index in [0.29, 0.717) is 11.1 Å². The molecule has 0 radical (unpaired) electrons. The number of aromatic hydroxyl groups is 1. The Morgan fingerprint density at radius 2 is 1.69 bits per heavy atom. The average Bonchev–Trinajstić information content (AvgIpc) is 2.77. The molecule has 10 nitrogen and oxygen atoms in total. The van der Waals surface area contributed by atoms with Crippen molar-refractivity contribution >= 4 is 5.78 Å². The molecule has 2 aromatic rings. The molecule has 0 saturated carbocycles. The first-order chi connectivity index (χ1) is 15.2. The largest absolute Gasteiger partial charge is 0.508 e. The van der Waals surface area contributed by atoms with E-state index in [2.05, 4.69) is 0 Å². The minimum Gasteiger partial charge on any atom is -0.508 e. The number of phenols is 1. The summed E-state index contributed by atoms with van der Waals surface area (Å²) in [7, 11) is 0. The number of phenolic OH excluding ortho intramolecular Hbond substituents is 1. The number of benzene rings is 2. The smallest absolute Gasteiger partial charge is 0.229 e. The molecule has 2 aliphatic heterocycles. The van der Waals surface area contributed by atoms with Gasteiger partial charge in [0.2, 0.25) is 12.1 Å². The number of rotatable bonds is 4. The third-order valence-corrected chi connectivity index (χ3v) is 5.58. The molecule has 10 heteroatoms. The van der Waals surface area contributed by atoms with Gasteiger partial charge in [0.25, 0.3) is 0 Å². The summed E-state index contributed by atoms with van der Waals surface area (Å²) in [5.74, 6) is -0.587. The summed E-state index contributed by atoms with van der Waals surface area (Å²) in [6.07, 6.45) is -10.2. The van der Waals surface area contributed by atoms with Crippen LogP contribution in [-0.4, -0.2) is 79.8 Å². The molecule has 1 saturated heterocycles. The fourth-order valence-corrected chi connectivity index (χ4v) is 3.84. The van der Waals surface area contributed by atoms with Crippen LogP contribution in [-0.2, 0) is 4.74 Å². The lowest BCUT2D eigenvalue weighted by Crippen LogP contribution is -2.60. The van der Waals surface area contributed by atoms with E-state index >= 15 is 0 Å². The number of aryl methyl sites for hydroxylation is 1. The Morgan fingerprint density at radius 1 is 1.00 bits per heavy atom. The van der Waals surface area contributed by atoms with Crippen molar-refractivity contribution in [2.45, 2.75) is 49.8 Å². The predicted molar refractivity (Wildman–Crippen MR) is 107 cm³/mol. The van der Waals surface area contributed by atoms with Gasteiger partial charge < -0.3 is 44.8 Å². The topological polar surface area (TPSA) is 166 Å². The maximum Gasteiger partial charge on any atom is 0.229 e. The highest BCUT2D eigenvalue weighted by atomic mass is 16.7. The van der Waals surface area contributed by atoms with Crippen LogP contribution in [0.1, 0.15) is 27.6 Å². The molecule has 2 aromatic carbocycles. The summed E-state index contributed by atoms with van der Waals surface area (Å²) < 4.78 is 16.9. The summed E-state index contributed by atoms with van der Waals surface area (Å²) in [6.45, 7) is 1.08. The fourth-order valence-electron chi connectivity index (χ4n) is 3.84. The monoisotopic (exact) mass is 448 g/mol. The maximum absolute atomic E-state index is 13.1. The SMILES string of the molecule is Cc1cc(O[C@H]2O[C@H](CO)[C@@H](O)[C@@H](O)[C@H]2O)c2c(c1)O[C@H](c1ccc(O)cc1)[C@@H](O)C2=O. The molecule has 4 rings (SSSR count). The van der Waals surface area contributed by atoms with E-state index in [9.17, 15) is 35.4 Å². The van der Waals surface area contributed by atoms with Gasteiger partial charge in [0.1, 0.15) is 47.2 Å². The molecule has 0 aliphatic carbocycles. The second-order valence-electron chi connectivity index (χ2n) is 7.89. The first-order valence-electron chi connectivity index (χ1n) is 10.0. The van der Waals surface area contributed by atoms with E-state index in [-0.39, 0.29) is 22.8 Å². The molecule has 1 fully saturated rings. The first-order valence-corrected chi connectivity index (χ1v) is 10.0. The second kappa shape index (κ2) is 8.66. The first kappa shape index (κ1) is 22.5. The van der Waals surface area contributed by atoms with E-state index in [1.165, 1.54) is 30.3 Å². The van der Waals surface area contributed by atoms with Crippen LogP contribution in [0.5, 0.6) is 17.2 Å². The normalized spacial score (nSPS) is 32.2. The number of hydrogen-bond acceptors (Lipinski definition) is 10. The van der Waals surface area contributed by atoms with E-state index < -0.39 is 55.3 Å². The maximum atomic E-state index is 13.1. The highest BCUT2D eigenvalue weighted by molar-refractivity contribution is 6.05. The van der Waals surface area contributed by atoms with Gasteiger partial charge in [0.05, 0.1) is 6.61 Å². The summed E-state index contributed by atoms with van der Waals surface area (Å²) in [6, 6.07) is 8.96. The number of carbonyl (C=O) groups excluding carboxylic acids is 1. The zero-order chi connectivity index (χ0) is 23.2. The van der Waals surface area contributed by atoms with Crippen LogP contribution in [0, 0.1) is 6.92 Å². The minimum absolute atomic E-state index is 0.0248. The molecule has 0 bridgehead atoms. The van der Waals surface area contributed by atoms with Crippen molar-refractivity contribution in [1.82, 2.24) is 0 Å². The van der Waals surface area contributed by atoms with Crippen molar-refractivity contribution in [3.8, 4) is 17.2 Å². The van der Waals surface area contributed by atoms with Gasteiger partial charge in [-0.3, -0.25) is 4.79 Å². The zero-order valence-corrected chi connectivity index (χ0v) is 17.0. The Labute approximate surface area is 182 Å². The molecule has 2 aliphatic rings. The second-order valence-corrected chi connectivity index (χ2v) is 7.89. The van der Waals surface area contributed by atoms with Gasteiger partial charge in [-0.2, -0.15) is 0 Å². The van der Waals surface area contributed by atoms with Crippen LogP contribution < -0.4 is 9.47 Å². The van der Waals surface area contributed by atoms with Crippen LogP contribution in [0.15, 0.2) is 36.4 Å². The molecule has 172 valence electrons. The highest BCUT2D eigenvalue weighted by Crippen LogP contribution is 2.41. The van der Waals surface area contributed by atoms with Crippen LogP contribution >= 0.6 is 0 Å². The lowest BCUT2D eigenvalue weighted by Gasteiger charge is -2.40. The molecule has 6 N–H and O–H groups in total. The van der Waals surface area contributed by atoms with Gasteiger partial charge in [0, 0.05) is 0 Å². The molecule has 0 aromatic heterocycles. The Bertz CT molecular complexity index is 989. The zero-order valence-electron chi connectivity index (χ0n) is 17.0. The number of Topliss-reactive ketones (excluding diaryl/α,β-unsaturated/α-hetero) is 1. The van der Waals surface area contributed by atoms with Crippen LogP contribution in [0.3, 0.4) is 0 Å². The van der Waals surface area contributed by atoms with E-state index in [0.717, 1.165) is 0 Å². The van der Waals surface area contributed by atoms with Crippen molar-refractivity contribution < 1.29 is 49.6 Å². The predicted octanol–water partition coefficient (Wildman–Crippen LogP) is -0.443. The van der Waals surface area contributed by atoms with Gasteiger partial charge in [-0.15, -0.1) is 0 Å². The molecule has 2 heterocycles. The number of fused-ring (bicyclic) bond motifs is 1. The molecular weight excluding hydrogens is 424 g/mol. The van der Waals surface area contributed by atoms with Crippen LogP contribution in [0.25, 0.3) is 0 Å². The van der Waals surface area contributed by atoms with Crippen molar-refractivity contribution in [3.05, 3.63) is 53.1 Å². The number of hydrogen-bond donors (Lipinski definition) is 6. The molecule has 32 heavy (non-hydrogen) atoms. The van der Waals surface area contributed by atoms with Crippen molar-refractivity contribution in [1.29, 1.82) is 0 Å². The quantitative estimate of drug-likeness (QED) is 0.361. The van der Waals surface area contributed by atoms with E-state index in [4.69, 9.17) is 14.2 Å². The number of aliphatic hydroxyl groups excluding tert-OH is 5. The Balaban J connectivity index is 1.67. The summed E-state index contributed by atoms with van der Waals surface area (Å²) in [5, 5.41) is 59.7. The number of aliphatic hydroxyl groups is 5. The Morgan fingerprint density at radius 3 is 2.34 bits per heavy atom. The van der Waals surface area contributed by atoms with Gasteiger partial charge in [0.15, 0.2) is 12.2 Å². The van der Waals surface area contributed by atoms with Crippen LogP contribution in [0.2, 0.25) is 0 Å². The minimum atomic E-state index is -1.67. The molecule has 0 amide bonds. The molecule has 0 spiro atoms. The fraction of sp³-hybridized carbons (Fsp3) is 0.409. The number of ketones is 1. The summed E-state index contributed by atoms with van der Waals surface area (Å²) >= 11 is 0. The average molecular weight is 448 g/mol. The van der Waals surface area contributed by atoms with Gasteiger partial charge in [-0.25, -0.2) is 0 Å². The Hall–Kier alpha value is -2.73. The number of ether oxygens (including phenoxy) is 3. The molecule has 7 atom stereocenters.